The Hall–Kier alpha value is -2.22. The van der Waals surface area contributed by atoms with Gasteiger partial charge in [0.05, 0.1) is 17.7 Å². The van der Waals surface area contributed by atoms with Crippen LogP contribution in [0.4, 0.5) is 5.82 Å². The number of carbonyl (C=O) groups is 1. The third-order valence-electron chi connectivity index (χ3n) is 7.09. The average Bonchev–Trinajstić information content (AvgIpc) is 3.11. The first-order valence-electron chi connectivity index (χ1n) is 11.8. The summed E-state index contributed by atoms with van der Waals surface area (Å²) in [6.45, 7) is 9.77. The van der Waals surface area contributed by atoms with Crippen molar-refractivity contribution in [3.63, 3.8) is 0 Å². The molecule has 1 aromatic carbocycles. The van der Waals surface area contributed by atoms with E-state index in [2.05, 4.69) is 47.6 Å². The molecule has 1 aliphatic carbocycles. The number of fused-ring (bicyclic) bond motifs is 1. The number of aliphatic hydroxyl groups is 1. The molecule has 0 bridgehead atoms. The van der Waals surface area contributed by atoms with Gasteiger partial charge in [-0.05, 0) is 50.9 Å². The summed E-state index contributed by atoms with van der Waals surface area (Å²) in [5.41, 5.74) is 2.81. The number of hydrogen-bond donors (Lipinski definition) is 1. The van der Waals surface area contributed by atoms with Crippen molar-refractivity contribution in [3.05, 3.63) is 52.4 Å². The highest BCUT2D eigenvalue weighted by molar-refractivity contribution is 6.30. The van der Waals surface area contributed by atoms with Crippen molar-refractivity contribution < 1.29 is 9.90 Å². The molecule has 3 atom stereocenters. The summed E-state index contributed by atoms with van der Waals surface area (Å²) in [6.07, 6.45) is 1.72. The molecule has 1 amide bonds. The average molecular weight is 472 g/mol. The van der Waals surface area contributed by atoms with E-state index in [4.69, 9.17) is 11.6 Å². The summed E-state index contributed by atoms with van der Waals surface area (Å²) in [4.78, 5) is 29.0. The zero-order chi connectivity index (χ0) is 23.7. The number of piperazine rings is 1. The molecule has 8 heteroatoms. The van der Waals surface area contributed by atoms with Gasteiger partial charge in [-0.25, -0.2) is 9.97 Å². The van der Waals surface area contributed by atoms with Gasteiger partial charge < -0.3 is 19.8 Å². The minimum atomic E-state index is -0.516. The molecule has 2 aromatic rings. The SMILES string of the molecule is CC1C[C@@H](O)c2ncnc(N3CCN(C(=O)C(CN(C)C(C)C)c4ccc(Cl)cc4)CC3)c21. The zero-order valence-electron chi connectivity index (χ0n) is 19.9. The van der Waals surface area contributed by atoms with Crippen LogP contribution in [0.1, 0.15) is 62.0 Å². The van der Waals surface area contributed by atoms with Crippen molar-refractivity contribution in [1.82, 2.24) is 19.8 Å². The molecule has 0 radical (unpaired) electrons. The van der Waals surface area contributed by atoms with Gasteiger partial charge in [-0.3, -0.25) is 4.79 Å². The molecule has 0 spiro atoms. The molecule has 33 heavy (non-hydrogen) atoms. The van der Waals surface area contributed by atoms with Gasteiger partial charge in [-0.1, -0.05) is 30.7 Å². The maximum atomic E-state index is 13.7. The molecule has 178 valence electrons. The van der Waals surface area contributed by atoms with Crippen LogP contribution in [-0.4, -0.2) is 76.6 Å². The zero-order valence-corrected chi connectivity index (χ0v) is 20.7. The minimum absolute atomic E-state index is 0.154. The van der Waals surface area contributed by atoms with E-state index in [1.54, 1.807) is 6.33 Å². The summed E-state index contributed by atoms with van der Waals surface area (Å²) in [6, 6.07) is 7.99. The third-order valence-corrected chi connectivity index (χ3v) is 7.34. The Balaban J connectivity index is 1.49. The van der Waals surface area contributed by atoms with Crippen LogP contribution in [0.2, 0.25) is 5.02 Å². The van der Waals surface area contributed by atoms with E-state index in [1.807, 2.05) is 29.2 Å². The number of halogens is 1. The lowest BCUT2D eigenvalue weighted by Gasteiger charge is -2.38. The van der Waals surface area contributed by atoms with Crippen molar-refractivity contribution in [2.45, 2.75) is 51.2 Å². The summed E-state index contributed by atoms with van der Waals surface area (Å²) in [5, 5.41) is 11.0. The first-order valence-corrected chi connectivity index (χ1v) is 12.2. The molecule has 2 unspecified atom stereocenters. The lowest BCUT2D eigenvalue weighted by molar-refractivity contribution is -0.133. The summed E-state index contributed by atoms with van der Waals surface area (Å²) in [7, 11) is 2.06. The highest BCUT2D eigenvalue weighted by Gasteiger charge is 2.35. The Morgan fingerprint density at radius 2 is 1.85 bits per heavy atom. The van der Waals surface area contributed by atoms with Gasteiger partial charge >= 0.3 is 0 Å². The van der Waals surface area contributed by atoms with Crippen LogP contribution in [0.5, 0.6) is 0 Å². The van der Waals surface area contributed by atoms with E-state index >= 15 is 0 Å². The van der Waals surface area contributed by atoms with Gasteiger partial charge in [0, 0.05) is 49.4 Å². The quantitative estimate of drug-likeness (QED) is 0.695. The number of likely N-dealkylation sites (N-methyl/N-ethyl adjacent to an activating group) is 1. The molecule has 7 nitrogen and oxygen atoms in total. The van der Waals surface area contributed by atoms with Crippen molar-refractivity contribution in [3.8, 4) is 0 Å². The first kappa shape index (κ1) is 23.9. The molecule has 1 fully saturated rings. The Bertz CT molecular complexity index is 975. The smallest absolute Gasteiger partial charge is 0.231 e. The monoisotopic (exact) mass is 471 g/mol. The third kappa shape index (κ3) is 5.00. The predicted molar refractivity (Wildman–Crippen MR) is 131 cm³/mol. The fourth-order valence-corrected chi connectivity index (χ4v) is 4.96. The van der Waals surface area contributed by atoms with Crippen LogP contribution in [0.3, 0.4) is 0 Å². The van der Waals surface area contributed by atoms with Crippen LogP contribution in [0.15, 0.2) is 30.6 Å². The van der Waals surface area contributed by atoms with Crippen LogP contribution < -0.4 is 4.90 Å². The second-order valence-electron chi connectivity index (χ2n) is 9.60. The number of anilines is 1. The molecule has 1 aromatic heterocycles. The number of aliphatic hydroxyl groups excluding tert-OH is 1. The van der Waals surface area contributed by atoms with Gasteiger partial charge in [-0.2, -0.15) is 0 Å². The molecule has 1 saturated heterocycles. The normalized spacial score (nSPS) is 21.6. The Kier molecular flexibility index (Phi) is 7.22. The number of benzene rings is 1. The number of carbonyl (C=O) groups excluding carboxylic acids is 1. The standard InChI is InChI=1S/C25H34ClN5O2/c1-16(2)29(4)14-20(18-5-7-19(26)8-6-18)25(33)31-11-9-30(10-12-31)24-22-17(3)13-21(32)23(22)27-15-28-24/h5-8,15-17,20-21,32H,9-14H2,1-4H3/t17?,20?,21-/m1/s1. The van der Waals surface area contributed by atoms with Crippen molar-refractivity contribution >= 4 is 23.3 Å². The molecular weight excluding hydrogens is 438 g/mol. The number of rotatable bonds is 6. The number of amides is 1. The lowest BCUT2D eigenvalue weighted by atomic mass is 9.96. The van der Waals surface area contributed by atoms with Crippen LogP contribution in [0.25, 0.3) is 0 Å². The van der Waals surface area contributed by atoms with Crippen molar-refractivity contribution in [2.24, 2.45) is 0 Å². The molecule has 0 saturated carbocycles. The molecule has 4 rings (SSSR count). The van der Waals surface area contributed by atoms with Gasteiger partial charge in [0.2, 0.25) is 5.91 Å². The summed E-state index contributed by atoms with van der Waals surface area (Å²) >= 11 is 6.10. The van der Waals surface area contributed by atoms with Crippen LogP contribution in [0, 0.1) is 0 Å². The molecule has 1 aliphatic heterocycles. The first-order chi connectivity index (χ1) is 15.8. The summed E-state index contributed by atoms with van der Waals surface area (Å²) in [5.74, 6) is 1.05. The maximum absolute atomic E-state index is 13.7. The van der Waals surface area contributed by atoms with E-state index < -0.39 is 6.10 Å². The second-order valence-corrected chi connectivity index (χ2v) is 10.0. The van der Waals surface area contributed by atoms with E-state index in [0.29, 0.717) is 50.2 Å². The number of aromatic nitrogens is 2. The largest absolute Gasteiger partial charge is 0.387 e. The highest BCUT2D eigenvalue weighted by Crippen LogP contribution is 2.42. The Morgan fingerprint density at radius 1 is 1.18 bits per heavy atom. The van der Waals surface area contributed by atoms with Crippen molar-refractivity contribution in [1.29, 1.82) is 0 Å². The van der Waals surface area contributed by atoms with Crippen molar-refractivity contribution in [2.75, 3.05) is 44.7 Å². The molecule has 1 N–H and O–H groups in total. The topological polar surface area (TPSA) is 72.8 Å². The highest BCUT2D eigenvalue weighted by atomic mass is 35.5. The number of nitrogens with zero attached hydrogens (tertiary/aromatic N) is 5. The minimum Gasteiger partial charge on any atom is -0.387 e. The van der Waals surface area contributed by atoms with Crippen LogP contribution in [-0.2, 0) is 4.79 Å². The molecule has 2 heterocycles. The summed E-state index contributed by atoms with van der Waals surface area (Å²) < 4.78 is 0. The second kappa shape index (κ2) is 9.95. The number of hydrogen-bond acceptors (Lipinski definition) is 6. The Morgan fingerprint density at radius 3 is 2.48 bits per heavy atom. The van der Waals surface area contributed by atoms with E-state index in [9.17, 15) is 9.90 Å². The van der Waals surface area contributed by atoms with Gasteiger partial charge in [-0.15, -0.1) is 0 Å². The fraction of sp³-hybridized carbons (Fsp3) is 0.560. The fourth-order valence-electron chi connectivity index (χ4n) is 4.83. The van der Waals surface area contributed by atoms with Gasteiger partial charge in [0.1, 0.15) is 12.1 Å². The van der Waals surface area contributed by atoms with Gasteiger partial charge in [0.15, 0.2) is 0 Å². The van der Waals surface area contributed by atoms with Gasteiger partial charge in [0.25, 0.3) is 0 Å². The predicted octanol–water partition coefficient (Wildman–Crippen LogP) is 3.44. The molecular formula is C25H34ClN5O2. The van der Waals surface area contributed by atoms with E-state index in [-0.39, 0.29) is 17.7 Å². The van der Waals surface area contributed by atoms with E-state index in [1.165, 1.54) is 0 Å². The Labute approximate surface area is 201 Å². The molecule has 2 aliphatic rings. The maximum Gasteiger partial charge on any atom is 0.231 e. The van der Waals surface area contributed by atoms with Crippen LogP contribution >= 0.6 is 11.6 Å². The van der Waals surface area contributed by atoms with E-state index in [0.717, 1.165) is 22.6 Å². The lowest BCUT2D eigenvalue weighted by Crippen LogP contribution is -2.51.